The number of nitrogens with zero attached hydrogens (tertiary/aromatic N) is 1. The summed E-state index contributed by atoms with van der Waals surface area (Å²) in [6, 6.07) is 2.78. The van der Waals surface area contributed by atoms with Crippen molar-refractivity contribution in [2.24, 2.45) is 0 Å². The van der Waals surface area contributed by atoms with Crippen molar-refractivity contribution in [3.05, 3.63) is 51.2 Å². The van der Waals surface area contributed by atoms with Gasteiger partial charge < -0.3 is 5.32 Å². The number of benzene rings is 1. The first-order valence-electron chi connectivity index (χ1n) is 6.26. The monoisotopic (exact) mass is 318 g/mol. The molecule has 0 saturated carbocycles. The Balaban J connectivity index is 2.34. The van der Waals surface area contributed by atoms with Gasteiger partial charge in [0.2, 0.25) is 0 Å². The molecule has 0 aliphatic heterocycles. The van der Waals surface area contributed by atoms with Gasteiger partial charge in [-0.3, -0.25) is 0 Å². The highest BCUT2D eigenvalue weighted by atomic mass is 32.1. The Labute approximate surface area is 123 Å². The van der Waals surface area contributed by atoms with Gasteiger partial charge in [0.1, 0.15) is 5.82 Å². The fraction of sp³-hybridized carbons (Fsp3) is 0.357. The van der Waals surface area contributed by atoms with E-state index >= 15 is 0 Å². The second-order valence-corrected chi connectivity index (χ2v) is 5.58. The smallest absolute Gasteiger partial charge is 0.313 e. The molecule has 0 amide bonds. The van der Waals surface area contributed by atoms with E-state index in [1.165, 1.54) is 23.5 Å². The lowest BCUT2D eigenvalue weighted by Crippen LogP contribution is -2.22. The number of aryl methyl sites for hydroxylation is 1. The third kappa shape index (κ3) is 3.59. The lowest BCUT2D eigenvalue weighted by atomic mass is 10.0. The Morgan fingerprint density at radius 2 is 2.05 bits per heavy atom. The molecule has 0 aliphatic rings. The molecular weight excluding hydrogens is 304 g/mol. The molecule has 1 aromatic carbocycles. The maximum Gasteiger partial charge on any atom is 0.419 e. The summed E-state index contributed by atoms with van der Waals surface area (Å²) >= 11 is 1.41. The quantitative estimate of drug-likeness (QED) is 0.858. The van der Waals surface area contributed by atoms with E-state index in [-0.39, 0.29) is 5.56 Å². The van der Waals surface area contributed by atoms with E-state index in [9.17, 15) is 17.6 Å². The highest BCUT2D eigenvalue weighted by Gasteiger charge is 2.35. The first-order valence-corrected chi connectivity index (χ1v) is 7.14. The molecule has 1 unspecified atom stereocenters. The third-order valence-electron chi connectivity index (χ3n) is 3.10. The highest BCUT2D eigenvalue weighted by molar-refractivity contribution is 7.09. The Kier molecular flexibility index (Phi) is 4.63. The van der Waals surface area contributed by atoms with Gasteiger partial charge in [-0.15, -0.1) is 11.3 Å². The normalized spacial score (nSPS) is 13.4. The maximum atomic E-state index is 14.1. The highest BCUT2D eigenvalue weighted by Crippen LogP contribution is 2.34. The third-order valence-corrected chi connectivity index (χ3v) is 4.09. The van der Waals surface area contributed by atoms with Gasteiger partial charge >= 0.3 is 6.18 Å². The second kappa shape index (κ2) is 6.11. The topological polar surface area (TPSA) is 24.9 Å². The van der Waals surface area contributed by atoms with Gasteiger partial charge in [0, 0.05) is 29.1 Å². The zero-order chi connectivity index (χ0) is 15.6. The molecule has 0 bridgehead atoms. The van der Waals surface area contributed by atoms with Gasteiger partial charge in [0.15, 0.2) is 0 Å². The van der Waals surface area contributed by atoms with Gasteiger partial charge in [-0.2, -0.15) is 13.2 Å². The van der Waals surface area contributed by atoms with Crippen molar-refractivity contribution < 1.29 is 17.6 Å². The van der Waals surface area contributed by atoms with Crippen LogP contribution in [0.25, 0.3) is 0 Å². The summed E-state index contributed by atoms with van der Waals surface area (Å²) in [6.45, 7) is 1.83. The summed E-state index contributed by atoms with van der Waals surface area (Å²) in [5.74, 6) is -1.22. The summed E-state index contributed by atoms with van der Waals surface area (Å²) in [7, 11) is 1.59. The molecule has 1 heterocycles. The second-order valence-electron chi connectivity index (χ2n) is 4.63. The summed E-state index contributed by atoms with van der Waals surface area (Å²) in [5, 5.41) is 5.46. The summed E-state index contributed by atoms with van der Waals surface area (Å²) in [6.07, 6.45) is -4.36. The van der Waals surface area contributed by atoms with Crippen molar-refractivity contribution in [2.75, 3.05) is 7.05 Å². The van der Waals surface area contributed by atoms with E-state index in [1.54, 1.807) is 7.05 Å². The van der Waals surface area contributed by atoms with Crippen LogP contribution < -0.4 is 5.32 Å². The molecule has 0 spiro atoms. The van der Waals surface area contributed by atoms with Gasteiger partial charge in [-0.05, 0) is 20.0 Å². The predicted octanol–water partition coefficient (Wildman–Crippen LogP) is 4.11. The van der Waals surface area contributed by atoms with Crippen molar-refractivity contribution in [3.63, 3.8) is 0 Å². The molecule has 2 rings (SSSR count). The average Bonchev–Trinajstić information content (AvgIpc) is 2.81. The minimum absolute atomic E-state index is 0.000165. The first-order chi connectivity index (χ1) is 9.82. The Morgan fingerprint density at radius 3 is 2.57 bits per heavy atom. The van der Waals surface area contributed by atoms with E-state index < -0.39 is 23.6 Å². The number of alkyl halides is 3. The molecular formula is C14H14F4N2S. The lowest BCUT2D eigenvalue weighted by Gasteiger charge is -2.18. The molecule has 1 atom stereocenters. The van der Waals surface area contributed by atoms with Crippen LogP contribution in [0.15, 0.2) is 23.6 Å². The molecule has 0 radical (unpaired) electrons. The van der Waals surface area contributed by atoms with Gasteiger partial charge in [-0.1, -0.05) is 12.1 Å². The van der Waals surface area contributed by atoms with Crippen LogP contribution in [0.2, 0.25) is 0 Å². The van der Waals surface area contributed by atoms with Gasteiger partial charge in [0.05, 0.1) is 10.6 Å². The fourth-order valence-electron chi connectivity index (χ4n) is 2.08. The van der Waals surface area contributed by atoms with Crippen molar-refractivity contribution in [2.45, 2.75) is 25.6 Å². The number of rotatable bonds is 4. The molecule has 1 N–H and O–H groups in total. The van der Waals surface area contributed by atoms with Crippen molar-refractivity contribution in [1.29, 1.82) is 0 Å². The summed E-state index contributed by atoms with van der Waals surface area (Å²) in [5.41, 5.74) is -0.398. The predicted molar refractivity (Wildman–Crippen MR) is 73.8 cm³/mol. The van der Waals surface area contributed by atoms with Crippen LogP contribution in [0.3, 0.4) is 0 Å². The van der Waals surface area contributed by atoms with E-state index in [0.29, 0.717) is 6.42 Å². The van der Waals surface area contributed by atoms with Crippen LogP contribution in [0.5, 0.6) is 0 Å². The fourth-order valence-corrected chi connectivity index (χ4v) is 2.90. The minimum atomic E-state index is -4.70. The molecule has 7 heteroatoms. The number of thiazole rings is 1. The molecule has 1 aromatic heterocycles. The molecule has 2 aromatic rings. The van der Waals surface area contributed by atoms with Crippen LogP contribution in [0.1, 0.15) is 27.9 Å². The number of halogens is 4. The molecule has 114 valence electrons. The summed E-state index contributed by atoms with van der Waals surface area (Å²) in [4.78, 5) is 4.26. The SMILES string of the molecule is CNC(Cc1nc(C)cs1)c1cccc(C(F)(F)F)c1F. The number of hydrogen-bond donors (Lipinski definition) is 1. The standard InChI is InChI=1S/C14H14F4N2S/c1-8-7-21-12(20-8)6-11(19-2)9-4-3-5-10(13(9)15)14(16,17)18/h3-5,7,11,19H,6H2,1-2H3. The number of nitrogens with one attached hydrogen (secondary N) is 1. The van der Waals surface area contributed by atoms with Crippen LogP contribution in [0.4, 0.5) is 17.6 Å². The Morgan fingerprint density at radius 1 is 1.33 bits per heavy atom. The molecule has 0 aliphatic carbocycles. The van der Waals surface area contributed by atoms with E-state index in [2.05, 4.69) is 10.3 Å². The van der Waals surface area contributed by atoms with E-state index in [4.69, 9.17) is 0 Å². The van der Waals surface area contributed by atoms with Crippen LogP contribution >= 0.6 is 11.3 Å². The maximum absolute atomic E-state index is 14.1. The number of aromatic nitrogens is 1. The van der Waals surface area contributed by atoms with Crippen LogP contribution in [-0.2, 0) is 12.6 Å². The average molecular weight is 318 g/mol. The molecule has 0 saturated heterocycles. The van der Waals surface area contributed by atoms with E-state index in [1.807, 2.05) is 12.3 Å². The molecule has 21 heavy (non-hydrogen) atoms. The minimum Gasteiger partial charge on any atom is -0.313 e. The zero-order valence-corrected chi connectivity index (χ0v) is 12.3. The van der Waals surface area contributed by atoms with Crippen molar-refractivity contribution >= 4 is 11.3 Å². The Hall–Kier alpha value is -1.47. The van der Waals surface area contributed by atoms with Crippen LogP contribution in [0, 0.1) is 12.7 Å². The van der Waals surface area contributed by atoms with Crippen LogP contribution in [-0.4, -0.2) is 12.0 Å². The molecule has 2 nitrogen and oxygen atoms in total. The van der Waals surface area contributed by atoms with Gasteiger partial charge in [0.25, 0.3) is 0 Å². The van der Waals surface area contributed by atoms with Crippen molar-refractivity contribution in [3.8, 4) is 0 Å². The number of hydrogen-bond acceptors (Lipinski definition) is 3. The van der Waals surface area contributed by atoms with Crippen molar-refractivity contribution in [1.82, 2.24) is 10.3 Å². The number of likely N-dealkylation sites (N-methyl/N-ethyl adjacent to an activating group) is 1. The molecule has 0 fully saturated rings. The zero-order valence-electron chi connectivity index (χ0n) is 11.5. The first kappa shape index (κ1) is 15.9. The summed E-state index contributed by atoms with van der Waals surface area (Å²) < 4.78 is 52.4. The Bertz CT molecular complexity index is 622. The van der Waals surface area contributed by atoms with Gasteiger partial charge in [-0.25, -0.2) is 9.37 Å². The van der Waals surface area contributed by atoms with E-state index in [0.717, 1.165) is 16.8 Å². The largest absolute Gasteiger partial charge is 0.419 e. The lowest BCUT2D eigenvalue weighted by molar-refractivity contribution is -0.140.